The van der Waals surface area contributed by atoms with Crippen LogP contribution in [0, 0.1) is 11.6 Å². The molecule has 2 heterocycles. The van der Waals surface area contributed by atoms with Crippen molar-refractivity contribution in [3.8, 4) is 0 Å². The van der Waals surface area contributed by atoms with Gasteiger partial charge in [0.05, 0.1) is 10.9 Å². The number of carbonyl (C=O) groups is 1. The van der Waals surface area contributed by atoms with Crippen molar-refractivity contribution in [1.82, 2.24) is 15.2 Å². The molecule has 2 aromatic rings. The van der Waals surface area contributed by atoms with E-state index in [9.17, 15) is 19.1 Å². The zero-order valence-corrected chi connectivity index (χ0v) is 15.5. The van der Waals surface area contributed by atoms with Crippen molar-refractivity contribution in [3.63, 3.8) is 0 Å². The van der Waals surface area contributed by atoms with Crippen LogP contribution < -0.4 is 21.0 Å². The summed E-state index contributed by atoms with van der Waals surface area (Å²) in [6, 6.07) is 0.943. The maximum absolute atomic E-state index is 15.6. The van der Waals surface area contributed by atoms with E-state index < -0.39 is 28.6 Å². The summed E-state index contributed by atoms with van der Waals surface area (Å²) in [5.74, 6) is -3.05. The summed E-state index contributed by atoms with van der Waals surface area (Å²) in [6.07, 6.45) is 2.72. The largest absolute Gasteiger partial charge is 0.477 e. The second-order valence-corrected chi connectivity index (χ2v) is 7.39. The summed E-state index contributed by atoms with van der Waals surface area (Å²) in [7, 11) is 1.81. The topological polar surface area (TPSA) is 86.6 Å². The maximum atomic E-state index is 15.6. The number of hydrogen-bond donors (Lipinski definition) is 3. The fraction of sp³-hybridized carbons (Fsp3) is 0.474. The molecule has 7 nitrogen and oxygen atoms in total. The third-order valence-corrected chi connectivity index (χ3v) is 5.38. The van der Waals surface area contributed by atoms with E-state index >= 15 is 4.39 Å². The Morgan fingerprint density at radius 2 is 2.14 bits per heavy atom. The van der Waals surface area contributed by atoms with Gasteiger partial charge >= 0.3 is 5.97 Å². The molecule has 4 rings (SSSR count). The van der Waals surface area contributed by atoms with Crippen molar-refractivity contribution in [1.29, 1.82) is 0 Å². The van der Waals surface area contributed by atoms with Gasteiger partial charge in [0.1, 0.15) is 17.1 Å². The van der Waals surface area contributed by atoms with Crippen molar-refractivity contribution in [2.24, 2.45) is 0 Å². The third-order valence-electron chi connectivity index (χ3n) is 5.38. The third kappa shape index (κ3) is 3.14. The molecular formula is C19H22F2N4O3. The highest BCUT2D eigenvalue weighted by Gasteiger charge is 2.32. The number of rotatable bonds is 5. The molecule has 1 aromatic heterocycles. The standard InChI is InChI=1S/C19H22F2N4O3/c1-22-7-10-8-24(5-4-23-10)17-14(20)6-12-16(15(17)21)25(11-2-3-11)9-13(18(12)26)19(27)28/h6,9-11,22-23H,2-5,7-8H2,1H3,(H,27,28). The monoisotopic (exact) mass is 392 g/mol. The van der Waals surface area contributed by atoms with E-state index in [0.29, 0.717) is 26.2 Å². The number of likely N-dealkylation sites (N-methyl/N-ethyl adjacent to an activating group) is 1. The normalized spacial score (nSPS) is 20.0. The number of aromatic carboxylic acids is 1. The first-order valence-corrected chi connectivity index (χ1v) is 9.35. The molecule has 150 valence electrons. The van der Waals surface area contributed by atoms with Crippen molar-refractivity contribution in [2.75, 3.05) is 38.1 Å². The fourth-order valence-electron chi connectivity index (χ4n) is 3.93. The lowest BCUT2D eigenvalue weighted by Gasteiger charge is -2.35. The van der Waals surface area contributed by atoms with Gasteiger partial charge in [-0.05, 0) is 26.0 Å². The number of anilines is 1. The predicted octanol–water partition coefficient (Wildman–Crippen LogP) is 1.31. The van der Waals surface area contributed by atoms with Crippen LogP contribution in [0.25, 0.3) is 10.9 Å². The van der Waals surface area contributed by atoms with Crippen LogP contribution in [0.15, 0.2) is 17.1 Å². The first-order valence-electron chi connectivity index (χ1n) is 9.35. The molecule has 3 N–H and O–H groups in total. The number of halogens is 2. The Hall–Kier alpha value is -2.52. The molecule has 1 aliphatic carbocycles. The van der Waals surface area contributed by atoms with Gasteiger partial charge in [-0.3, -0.25) is 4.79 Å². The van der Waals surface area contributed by atoms with E-state index in [2.05, 4.69) is 10.6 Å². The number of carboxylic acid groups (broad SMARTS) is 1. The van der Waals surface area contributed by atoms with E-state index in [1.807, 2.05) is 7.05 Å². The molecule has 0 bridgehead atoms. The van der Waals surface area contributed by atoms with Crippen molar-refractivity contribution < 1.29 is 18.7 Å². The van der Waals surface area contributed by atoms with Crippen molar-refractivity contribution in [3.05, 3.63) is 39.7 Å². The van der Waals surface area contributed by atoms with Gasteiger partial charge in [-0.1, -0.05) is 0 Å². The highest BCUT2D eigenvalue weighted by molar-refractivity contribution is 5.94. The minimum absolute atomic E-state index is 0.0161. The smallest absolute Gasteiger partial charge is 0.341 e. The molecule has 1 unspecified atom stereocenters. The van der Waals surface area contributed by atoms with Gasteiger partial charge < -0.3 is 25.2 Å². The van der Waals surface area contributed by atoms with Gasteiger partial charge in [-0.2, -0.15) is 0 Å². The Morgan fingerprint density at radius 3 is 2.79 bits per heavy atom. The number of piperazine rings is 1. The number of benzene rings is 1. The van der Waals surface area contributed by atoms with Crippen LogP contribution in [-0.4, -0.2) is 54.9 Å². The zero-order chi connectivity index (χ0) is 20.0. The number of aromatic nitrogens is 1. The minimum Gasteiger partial charge on any atom is -0.477 e. The Bertz CT molecular complexity index is 1000. The summed E-state index contributed by atoms with van der Waals surface area (Å²) in [5.41, 5.74) is -1.51. The number of nitrogens with zero attached hydrogens (tertiary/aromatic N) is 2. The molecule has 28 heavy (non-hydrogen) atoms. The van der Waals surface area contributed by atoms with Crippen LogP contribution in [0.1, 0.15) is 29.2 Å². The fourth-order valence-corrected chi connectivity index (χ4v) is 3.93. The summed E-state index contributed by atoms with van der Waals surface area (Å²) < 4.78 is 32.0. The van der Waals surface area contributed by atoms with Crippen LogP contribution in [-0.2, 0) is 0 Å². The van der Waals surface area contributed by atoms with E-state index in [1.165, 1.54) is 10.8 Å². The molecule has 1 atom stereocenters. The Morgan fingerprint density at radius 1 is 1.39 bits per heavy atom. The SMILES string of the molecule is CNCC1CN(c2c(F)cc3c(=O)c(C(=O)O)cn(C4CC4)c3c2F)CCN1. The van der Waals surface area contributed by atoms with E-state index in [1.54, 1.807) is 4.90 Å². The van der Waals surface area contributed by atoms with Gasteiger partial charge in [0.15, 0.2) is 5.82 Å². The summed E-state index contributed by atoms with van der Waals surface area (Å²) in [4.78, 5) is 25.6. The van der Waals surface area contributed by atoms with Crippen LogP contribution in [0.3, 0.4) is 0 Å². The van der Waals surface area contributed by atoms with Gasteiger partial charge in [0.2, 0.25) is 5.43 Å². The van der Waals surface area contributed by atoms with Gasteiger partial charge in [0.25, 0.3) is 0 Å². The highest BCUT2D eigenvalue weighted by atomic mass is 19.1. The van der Waals surface area contributed by atoms with Gasteiger partial charge in [-0.15, -0.1) is 0 Å². The lowest BCUT2D eigenvalue weighted by Crippen LogP contribution is -2.54. The van der Waals surface area contributed by atoms with Crippen LogP contribution >= 0.6 is 0 Å². The quantitative estimate of drug-likeness (QED) is 0.711. The molecule has 2 fully saturated rings. The van der Waals surface area contributed by atoms with Crippen LogP contribution in [0.2, 0.25) is 0 Å². The molecule has 0 amide bonds. The molecular weight excluding hydrogens is 370 g/mol. The first kappa shape index (κ1) is 18.8. The minimum atomic E-state index is -1.40. The second kappa shape index (κ2) is 7.14. The summed E-state index contributed by atoms with van der Waals surface area (Å²) >= 11 is 0. The number of carboxylic acids is 1. The molecule has 1 saturated carbocycles. The number of nitrogens with one attached hydrogen (secondary N) is 2. The molecule has 2 aliphatic rings. The van der Waals surface area contributed by atoms with E-state index in [0.717, 1.165) is 18.9 Å². The number of hydrogen-bond acceptors (Lipinski definition) is 5. The van der Waals surface area contributed by atoms with Crippen LogP contribution in [0.4, 0.5) is 14.5 Å². The van der Waals surface area contributed by atoms with E-state index in [4.69, 9.17) is 0 Å². The number of pyridine rings is 1. The number of fused-ring (bicyclic) bond motifs is 1. The molecule has 0 radical (unpaired) electrons. The Kier molecular flexibility index (Phi) is 4.80. The Labute approximate surface area is 159 Å². The van der Waals surface area contributed by atoms with Crippen molar-refractivity contribution >= 4 is 22.6 Å². The molecule has 1 aliphatic heterocycles. The lowest BCUT2D eigenvalue weighted by molar-refractivity contribution is 0.0695. The maximum Gasteiger partial charge on any atom is 0.341 e. The average molecular weight is 392 g/mol. The van der Waals surface area contributed by atoms with E-state index in [-0.39, 0.29) is 28.7 Å². The predicted molar refractivity (Wildman–Crippen MR) is 101 cm³/mol. The lowest BCUT2D eigenvalue weighted by atomic mass is 10.1. The molecule has 0 spiro atoms. The van der Waals surface area contributed by atoms with Crippen LogP contribution in [0.5, 0.6) is 0 Å². The molecule has 1 aromatic carbocycles. The first-order chi connectivity index (χ1) is 13.4. The van der Waals surface area contributed by atoms with Gasteiger partial charge in [0, 0.05) is 44.5 Å². The molecule has 1 saturated heterocycles. The average Bonchev–Trinajstić information content (AvgIpc) is 3.48. The summed E-state index contributed by atoms with van der Waals surface area (Å²) in [5, 5.41) is 15.4. The van der Waals surface area contributed by atoms with Gasteiger partial charge in [-0.25, -0.2) is 13.6 Å². The van der Waals surface area contributed by atoms with Crippen molar-refractivity contribution in [2.45, 2.75) is 24.9 Å². The Balaban J connectivity index is 1.90. The molecule has 9 heteroatoms. The highest BCUT2D eigenvalue weighted by Crippen LogP contribution is 2.39. The summed E-state index contributed by atoms with van der Waals surface area (Å²) in [6.45, 7) is 2.08. The second-order valence-electron chi connectivity index (χ2n) is 7.39. The zero-order valence-electron chi connectivity index (χ0n) is 15.5.